The van der Waals surface area contributed by atoms with Crippen LogP contribution in [0.5, 0.6) is 0 Å². The van der Waals surface area contributed by atoms with Crippen LogP contribution >= 0.6 is 0 Å². The predicted octanol–water partition coefficient (Wildman–Crippen LogP) is 2.20. The first-order valence-electron chi connectivity index (χ1n) is 5.31. The maximum Gasteiger partial charge on any atom is 0.333 e. The van der Waals surface area contributed by atoms with Gasteiger partial charge in [-0.25, -0.2) is 4.79 Å². The fourth-order valence-electron chi connectivity index (χ4n) is 1.35. The molecule has 0 atom stereocenters. The first-order chi connectivity index (χ1) is 7.61. The summed E-state index contributed by atoms with van der Waals surface area (Å²) in [4.78, 5) is 22.6. The monoisotopic (exact) mass is 220 g/mol. The average Bonchev–Trinajstić information content (AvgIpc) is 2.76. The van der Waals surface area contributed by atoms with Crippen LogP contribution in [-0.4, -0.2) is 18.4 Å². The minimum absolute atomic E-state index is 0.0863. The Morgan fingerprint density at radius 2 is 1.94 bits per heavy atom. The van der Waals surface area contributed by atoms with E-state index in [2.05, 4.69) is 6.58 Å². The van der Waals surface area contributed by atoms with Gasteiger partial charge >= 0.3 is 5.97 Å². The summed E-state index contributed by atoms with van der Waals surface area (Å²) in [6.07, 6.45) is 8.46. The van der Waals surface area contributed by atoms with Crippen LogP contribution in [0.3, 0.4) is 0 Å². The van der Waals surface area contributed by atoms with E-state index in [1.165, 1.54) is 0 Å². The molecule has 0 amide bonds. The zero-order chi connectivity index (χ0) is 12.0. The molecule has 0 bridgehead atoms. The smallest absolute Gasteiger partial charge is 0.333 e. The number of ether oxygens (including phenoxy) is 1. The van der Waals surface area contributed by atoms with Crippen molar-refractivity contribution in [2.45, 2.75) is 19.8 Å². The molecule has 0 heterocycles. The normalized spacial score (nSPS) is 14.1. The van der Waals surface area contributed by atoms with Crippen LogP contribution in [-0.2, 0) is 14.3 Å². The molecule has 0 N–H and O–H groups in total. The number of carbonyl (C=O) groups is 2. The highest BCUT2D eigenvalue weighted by molar-refractivity contribution is 5.87. The molecule has 0 fully saturated rings. The van der Waals surface area contributed by atoms with Crippen LogP contribution in [0.1, 0.15) is 19.8 Å². The fraction of sp³-hybridized carbons (Fsp3) is 0.385. The van der Waals surface area contributed by atoms with Crippen molar-refractivity contribution in [3.8, 4) is 0 Å². The fourth-order valence-corrected chi connectivity index (χ4v) is 1.35. The summed E-state index contributed by atoms with van der Waals surface area (Å²) >= 11 is 0. The van der Waals surface area contributed by atoms with Gasteiger partial charge in [-0.15, -0.1) is 0 Å². The molecule has 0 aliphatic heterocycles. The Labute approximate surface area is 95.5 Å². The molecular formula is C13H16O3. The van der Waals surface area contributed by atoms with E-state index >= 15 is 0 Å². The lowest BCUT2D eigenvalue weighted by molar-refractivity contribution is -0.139. The quantitative estimate of drug-likeness (QED) is 0.391. The van der Waals surface area contributed by atoms with Crippen molar-refractivity contribution in [2.75, 3.05) is 6.61 Å². The Balaban J connectivity index is 2.14. The van der Waals surface area contributed by atoms with Gasteiger partial charge < -0.3 is 4.74 Å². The summed E-state index contributed by atoms with van der Waals surface area (Å²) in [6, 6.07) is 0. The SMILES string of the molecule is C=C(C)C(=O)OCCCC(=O)C1C=CC=C1. The maximum absolute atomic E-state index is 11.6. The lowest BCUT2D eigenvalue weighted by Crippen LogP contribution is -2.11. The number of ketones is 1. The minimum Gasteiger partial charge on any atom is -0.462 e. The van der Waals surface area contributed by atoms with Gasteiger partial charge in [0.2, 0.25) is 0 Å². The van der Waals surface area contributed by atoms with Gasteiger partial charge in [-0.2, -0.15) is 0 Å². The number of Topliss-reactive ketones (excluding diaryl/α,β-unsaturated/α-hetero) is 1. The molecule has 0 saturated carbocycles. The standard InChI is InChI=1S/C13H16O3/c1-10(2)13(15)16-9-5-8-12(14)11-6-3-4-7-11/h3-4,6-7,11H,1,5,8-9H2,2H3. The molecule has 0 aromatic heterocycles. The first-order valence-corrected chi connectivity index (χ1v) is 5.31. The molecule has 3 heteroatoms. The van der Waals surface area contributed by atoms with E-state index in [4.69, 9.17) is 4.74 Å². The second-order valence-electron chi connectivity index (χ2n) is 3.78. The van der Waals surface area contributed by atoms with Crippen molar-refractivity contribution in [1.82, 2.24) is 0 Å². The van der Waals surface area contributed by atoms with E-state index in [9.17, 15) is 9.59 Å². The molecule has 16 heavy (non-hydrogen) atoms. The molecular weight excluding hydrogens is 204 g/mol. The Hall–Kier alpha value is -1.64. The third-order valence-corrected chi connectivity index (χ3v) is 2.27. The number of carbonyl (C=O) groups excluding carboxylic acids is 2. The molecule has 0 aromatic rings. The zero-order valence-electron chi connectivity index (χ0n) is 9.44. The third kappa shape index (κ3) is 3.85. The van der Waals surface area contributed by atoms with Gasteiger partial charge in [0.25, 0.3) is 0 Å². The highest BCUT2D eigenvalue weighted by Gasteiger charge is 2.13. The average molecular weight is 220 g/mol. The van der Waals surface area contributed by atoms with Crippen molar-refractivity contribution in [3.63, 3.8) is 0 Å². The van der Waals surface area contributed by atoms with E-state index in [0.717, 1.165) is 0 Å². The van der Waals surface area contributed by atoms with Gasteiger partial charge in [-0.1, -0.05) is 30.9 Å². The van der Waals surface area contributed by atoms with Crippen molar-refractivity contribution in [1.29, 1.82) is 0 Å². The molecule has 1 aliphatic carbocycles. The Morgan fingerprint density at radius 1 is 1.31 bits per heavy atom. The molecule has 0 spiro atoms. The lowest BCUT2D eigenvalue weighted by atomic mass is 10.0. The number of allylic oxidation sites excluding steroid dienone is 4. The summed E-state index contributed by atoms with van der Waals surface area (Å²) in [7, 11) is 0. The van der Waals surface area contributed by atoms with Crippen LogP contribution in [0.4, 0.5) is 0 Å². The van der Waals surface area contributed by atoms with Crippen molar-refractivity contribution >= 4 is 11.8 Å². The van der Waals surface area contributed by atoms with Crippen LogP contribution in [0, 0.1) is 5.92 Å². The number of hydrogen-bond donors (Lipinski definition) is 0. The van der Waals surface area contributed by atoms with Gasteiger partial charge in [0.1, 0.15) is 5.78 Å². The van der Waals surface area contributed by atoms with Crippen molar-refractivity contribution < 1.29 is 14.3 Å². The van der Waals surface area contributed by atoms with E-state index < -0.39 is 5.97 Å². The molecule has 0 radical (unpaired) electrons. The molecule has 0 aromatic carbocycles. The summed E-state index contributed by atoms with van der Waals surface area (Å²) < 4.78 is 4.89. The zero-order valence-corrected chi connectivity index (χ0v) is 9.44. The number of esters is 1. The maximum atomic E-state index is 11.6. The topological polar surface area (TPSA) is 43.4 Å². The van der Waals surface area contributed by atoms with Gasteiger partial charge in [0.15, 0.2) is 0 Å². The minimum atomic E-state index is -0.395. The molecule has 0 saturated heterocycles. The van der Waals surface area contributed by atoms with Gasteiger partial charge in [0, 0.05) is 12.0 Å². The number of hydrogen-bond acceptors (Lipinski definition) is 3. The second kappa shape index (κ2) is 6.05. The van der Waals surface area contributed by atoms with Crippen LogP contribution in [0.15, 0.2) is 36.5 Å². The van der Waals surface area contributed by atoms with Crippen molar-refractivity contribution in [3.05, 3.63) is 36.5 Å². The highest BCUT2D eigenvalue weighted by atomic mass is 16.5. The van der Waals surface area contributed by atoms with Gasteiger partial charge in [0.05, 0.1) is 12.5 Å². The largest absolute Gasteiger partial charge is 0.462 e. The Morgan fingerprint density at radius 3 is 2.50 bits per heavy atom. The molecule has 1 rings (SSSR count). The van der Waals surface area contributed by atoms with E-state index in [1.807, 2.05) is 24.3 Å². The summed E-state index contributed by atoms with van der Waals surface area (Å²) in [5.74, 6) is -0.318. The van der Waals surface area contributed by atoms with E-state index in [1.54, 1.807) is 6.92 Å². The predicted molar refractivity (Wildman–Crippen MR) is 61.8 cm³/mol. The lowest BCUT2D eigenvalue weighted by Gasteiger charge is -2.05. The molecule has 86 valence electrons. The van der Waals surface area contributed by atoms with Crippen LogP contribution in [0.25, 0.3) is 0 Å². The van der Waals surface area contributed by atoms with E-state index in [-0.39, 0.29) is 18.3 Å². The first kappa shape index (κ1) is 12.4. The van der Waals surface area contributed by atoms with Gasteiger partial charge in [-0.3, -0.25) is 4.79 Å². The summed E-state index contributed by atoms with van der Waals surface area (Å²) in [5.41, 5.74) is 0.382. The van der Waals surface area contributed by atoms with Crippen molar-refractivity contribution in [2.24, 2.45) is 5.92 Å². The number of rotatable bonds is 6. The molecule has 1 aliphatic rings. The van der Waals surface area contributed by atoms with E-state index in [0.29, 0.717) is 18.4 Å². The third-order valence-electron chi connectivity index (χ3n) is 2.27. The summed E-state index contributed by atoms with van der Waals surface area (Å²) in [6.45, 7) is 5.35. The highest BCUT2D eigenvalue weighted by Crippen LogP contribution is 2.12. The van der Waals surface area contributed by atoms with Gasteiger partial charge in [-0.05, 0) is 13.3 Å². The van der Waals surface area contributed by atoms with Crippen LogP contribution in [0.2, 0.25) is 0 Å². The Bertz CT molecular complexity index is 338. The molecule has 0 unspecified atom stereocenters. The van der Waals surface area contributed by atoms with Crippen LogP contribution < -0.4 is 0 Å². The summed E-state index contributed by atoms with van der Waals surface area (Å²) in [5, 5.41) is 0. The molecule has 3 nitrogen and oxygen atoms in total. The second-order valence-corrected chi connectivity index (χ2v) is 3.78. The Kier molecular flexibility index (Phi) is 4.70.